The number of carbonyl (C=O) groups excluding carboxylic acids is 1. The predicted molar refractivity (Wildman–Crippen MR) is 73.8 cm³/mol. The van der Waals surface area contributed by atoms with Crippen molar-refractivity contribution < 1.29 is 14.7 Å². The summed E-state index contributed by atoms with van der Waals surface area (Å²) in [4.78, 5) is 40.2. The number of hydrogen-bond donors (Lipinski definition) is 1. The van der Waals surface area contributed by atoms with E-state index in [1.54, 1.807) is 11.4 Å². The monoisotopic (exact) mass is 295 g/mol. The van der Waals surface area contributed by atoms with Gasteiger partial charge in [-0.1, -0.05) is 0 Å². The van der Waals surface area contributed by atoms with Crippen molar-refractivity contribution in [3.8, 4) is 0 Å². The van der Waals surface area contributed by atoms with Gasteiger partial charge in [0.15, 0.2) is 0 Å². The van der Waals surface area contributed by atoms with Gasteiger partial charge in [-0.05, 0) is 11.4 Å². The summed E-state index contributed by atoms with van der Waals surface area (Å²) in [6.07, 6.45) is 1.46. The highest BCUT2D eigenvalue weighted by atomic mass is 32.1. The van der Waals surface area contributed by atoms with E-state index in [1.165, 1.54) is 29.3 Å². The van der Waals surface area contributed by atoms with Gasteiger partial charge in [0.25, 0.3) is 5.56 Å². The van der Waals surface area contributed by atoms with Crippen molar-refractivity contribution in [1.29, 1.82) is 0 Å². The van der Waals surface area contributed by atoms with Crippen LogP contribution in [0.3, 0.4) is 0 Å². The zero-order valence-electron chi connectivity index (χ0n) is 10.8. The van der Waals surface area contributed by atoms with E-state index in [0.29, 0.717) is 10.2 Å². The molecule has 8 heteroatoms. The van der Waals surface area contributed by atoms with Gasteiger partial charge >= 0.3 is 5.97 Å². The average Bonchev–Trinajstić information content (AvgIpc) is 2.86. The van der Waals surface area contributed by atoms with Crippen LogP contribution >= 0.6 is 11.3 Å². The number of thiophene rings is 1. The third kappa shape index (κ3) is 3.02. The molecule has 20 heavy (non-hydrogen) atoms. The summed E-state index contributed by atoms with van der Waals surface area (Å²) < 4.78 is 1.36. The quantitative estimate of drug-likeness (QED) is 0.861. The summed E-state index contributed by atoms with van der Waals surface area (Å²) in [5, 5.41) is 10.9. The number of aliphatic carboxylic acids is 1. The molecular formula is C12H13N3O4S. The normalized spacial score (nSPS) is 10.7. The number of rotatable bonds is 5. The van der Waals surface area contributed by atoms with Crippen LogP contribution in [0.15, 0.2) is 22.6 Å². The Kier molecular flexibility index (Phi) is 4.14. The number of nitrogens with zero attached hydrogens (tertiary/aromatic N) is 3. The minimum atomic E-state index is -1.07. The van der Waals surface area contributed by atoms with Crippen LogP contribution in [-0.4, -0.2) is 45.0 Å². The first kappa shape index (κ1) is 14.2. The molecule has 7 nitrogen and oxygen atoms in total. The van der Waals surface area contributed by atoms with Crippen molar-refractivity contribution in [3.05, 3.63) is 28.1 Å². The highest BCUT2D eigenvalue weighted by Gasteiger charge is 2.13. The van der Waals surface area contributed by atoms with Gasteiger partial charge in [-0.2, -0.15) is 0 Å². The van der Waals surface area contributed by atoms with E-state index in [9.17, 15) is 14.4 Å². The molecule has 2 aromatic heterocycles. The van der Waals surface area contributed by atoms with Crippen LogP contribution < -0.4 is 5.56 Å². The Hall–Kier alpha value is -2.22. The lowest BCUT2D eigenvalue weighted by molar-refractivity contribution is -0.143. The van der Waals surface area contributed by atoms with Gasteiger partial charge in [-0.25, -0.2) is 4.98 Å². The fraction of sp³-hybridized carbons (Fsp3) is 0.333. The molecule has 0 saturated carbocycles. The molecular weight excluding hydrogens is 282 g/mol. The van der Waals surface area contributed by atoms with Crippen LogP contribution in [0.5, 0.6) is 0 Å². The Morgan fingerprint density at radius 2 is 2.25 bits per heavy atom. The van der Waals surface area contributed by atoms with Gasteiger partial charge < -0.3 is 10.0 Å². The molecule has 106 valence electrons. The molecule has 0 aliphatic carbocycles. The molecule has 0 aliphatic rings. The van der Waals surface area contributed by atoms with E-state index in [4.69, 9.17) is 5.11 Å². The molecule has 0 aliphatic heterocycles. The van der Waals surface area contributed by atoms with Crippen molar-refractivity contribution in [2.45, 2.75) is 13.0 Å². The maximum absolute atomic E-state index is 12.1. The van der Waals surface area contributed by atoms with Crippen molar-refractivity contribution in [3.63, 3.8) is 0 Å². The number of carboxylic acid groups (broad SMARTS) is 1. The second kappa shape index (κ2) is 5.83. The molecule has 2 heterocycles. The number of likely N-dealkylation sites (N-methyl/N-ethyl adjacent to an activating group) is 1. The number of aryl methyl sites for hydroxylation is 1. The molecule has 0 aromatic carbocycles. The lowest BCUT2D eigenvalue weighted by Gasteiger charge is -2.14. The van der Waals surface area contributed by atoms with Gasteiger partial charge in [-0.3, -0.25) is 19.0 Å². The smallest absolute Gasteiger partial charge is 0.323 e. The summed E-state index contributed by atoms with van der Waals surface area (Å²) in [6.45, 7) is -0.171. The number of fused-ring (bicyclic) bond motifs is 1. The van der Waals surface area contributed by atoms with E-state index in [2.05, 4.69) is 4.98 Å². The van der Waals surface area contributed by atoms with Crippen LogP contribution in [0, 0.1) is 0 Å². The molecule has 0 unspecified atom stereocenters. The highest BCUT2D eigenvalue weighted by molar-refractivity contribution is 7.16. The Labute approximate surface area is 118 Å². The molecule has 0 bridgehead atoms. The van der Waals surface area contributed by atoms with Crippen LogP contribution in [0.1, 0.15) is 6.42 Å². The van der Waals surface area contributed by atoms with E-state index < -0.39 is 5.97 Å². The zero-order valence-corrected chi connectivity index (χ0v) is 11.6. The lowest BCUT2D eigenvalue weighted by atomic mass is 10.3. The van der Waals surface area contributed by atoms with Gasteiger partial charge in [0, 0.05) is 20.0 Å². The van der Waals surface area contributed by atoms with Crippen molar-refractivity contribution >= 4 is 33.4 Å². The average molecular weight is 295 g/mol. The Morgan fingerprint density at radius 3 is 2.95 bits per heavy atom. The Balaban J connectivity index is 2.06. The predicted octanol–water partition coefficient (Wildman–Crippen LogP) is 0.391. The molecule has 0 spiro atoms. The summed E-state index contributed by atoms with van der Waals surface area (Å²) in [7, 11) is 1.42. The maximum Gasteiger partial charge on any atom is 0.323 e. The second-order valence-electron chi connectivity index (χ2n) is 4.28. The van der Waals surface area contributed by atoms with E-state index in [1.807, 2.05) is 0 Å². The van der Waals surface area contributed by atoms with Crippen LogP contribution in [0.4, 0.5) is 0 Å². The fourth-order valence-electron chi connectivity index (χ4n) is 1.75. The molecule has 1 N–H and O–H groups in total. The highest BCUT2D eigenvalue weighted by Crippen LogP contribution is 2.13. The first-order valence-corrected chi connectivity index (χ1v) is 6.75. The van der Waals surface area contributed by atoms with Gasteiger partial charge in [0.2, 0.25) is 5.91 Å². The molecule has 0 radical (unpaired) electrons. The summed E-state index contributed by atoms with van der Waals surface area (Å²) in [5.74, 6) is -1.40. The fourth-order valence-corrected chi connectivity index (χ4v) is 2.47. The standard InChI is InChI=1S/C12H13N3O4S/c1-14(6-10(17)18)9(16)2-4-15-7-13-11-8(12(15)19)3-5-20-11/h3,5,7H,2,4,6H2,1H3,(H,17,18). The van der Waals surface area contributed by atoms with E-state index >= 15 is 0 Å². The number of aromatic nitrogens is 2. The largest absolute Gasteiger partial charge is 0.480 e. The topological polar surface area (TPSA) is 92.5 Å². The molecule has 0 atom stereocenters. The number of amides is 1. The summed E-state index contributed by atoms with van der Waals surface area (Å²) in [5.41, 5.74) is -0.190. The minimum absolute atomic E-state index is 0.0566. The lowest BCUT2D eigenvalue weighted by Crippen LogP contribution is -2.33. The molecule has 0 fully saturated rings. The zero-order chi connectivity index (χ0) is 14.7. The molecule has 2 aromatic rings. The Bertz CT molecular complexity index is 706. The second-order valence-corrected chi connectivity index (χ2v) is 5.17. The number of carbonyl (C=O) groups is 2. The molecule has 2 rings (SSSR count). The van der Waals surface area contributed by atoms with E-state index in [-0.39, 0.29) is 31.0 Å². The van der Waals surface area contributed by atoms with E-state index in [0.717, 1.165) is 4.90 Å². The molecule has 0 saturated heterocycles. The number of hydrogen-bond acceptors (Lipinski definition) is 5. The maximum atomic E-state index is 12.1. The third-order valence-corrected chi connectivity index (χ3v) is 3.64. The van der Waals surface area contributed by atoms with Crippen LogP contribution in [-0.2, 0) is 16.1 Å². The van der Waals surface area contributed by atoms with Crippen molar-refractivity contribution in [2.75, 3.05) is 13.6 Å². The summed E-state index contributed by atoms with van der Waals surface area (Å²) >= 11 is 1.38. The van der Waals surface area contributed by atoms with Crippen molar-refractivity contribution in [1.82, 2.24) is 14.5 Å². The van der Waals surface area contributed by atoms with Crippen LogP contribution in [0.25, 0.3) is 10.2 Å². The van der Waals surface area contributed by atoms with Crippen molar-refractivity contribution in [2.24, 2.45) is 0 Å². The van der Waals surface area contributed by atoms with Gasteiger partial charge in [0.1, 0.15) is 11.4 Å². The molecule has 1 amide bonds. The summed E-state index contributed by atoms with van der Waals surface area (Å²) in [6, 6.07) is 1.70. The van der Waals surface area contributed by atoms with Crippen LogP contribution in [0.2, 0.25) is 0 Å². The van der Waals surface area contributed by atoms with Gasteiger partial charge in [0.05, 0.1) is 11.7 Å². The Morgan fingerprint density at radius 1 is 1.50 bits per heavy atom. The first-order chi connectivity index (χ1) is 9.49. The minimum Gasteiger partial charge on any atom is -0.480 e. The van der Waals surface area contributed by atoms with Gasteiger partial charge in [-0.15, -0.1) is 11.3 Å². The third-order valence-electron chi connectivity index (χ3n) is 2.82. The number of carboxylic acids is 1. The first-order valence-electron chi connectivity index (χ1n) is 5.87. The SMILES string of the molecule is CN(CC(=O)O)C(=O)CCn1cnc2sccc2c1=O.